The van der Waals surface area contributed by atoms with Crippen LogP contribution in [0.25, 0.3) is 21.6 Å². The predicted octanol–water partition coefficient (Wildman–Crippen LogP) is 6.43. The molecule has 292 valence electrons. The summed E-state index contributed by atoms with van der Waals surface area (Å²) in [4.78, 5) is 53.5. The summed E-state index contributed by atoms with van der Waals surface area (Å²) in [6, 6.07) is 5.09. The van der Waals surface area contributed by atoms with Crippen molar-refractivity contribution < 1.29 is 32.6 Å². The fourth-order valence-corrected chi connectivity index (χ4v) is 8.39. The number of carbonyl (C=O) groups is 3. The minimum atomic E-state index is -2.72. The zero-order chi connectivity index (χ0) is 38.8. The van der Waals surface area contributed by atoms with Crippen molar-refractivity contribution in [1.82, 2.24) is 35.3 Å². The van der Waals surface area contributed by atoms with Gasteiger partial charge in [0.05, 0.1) is 24.9 Å². The van der Waals surface area contributed by atoms with Gasteiger partial charge in [0.2, 0.25) is 11.8 Å². The van der Waals surface area contributed by atoms with Crippen molar-refractivity contribution in [2.24, 2.45) is 5.92 Å². The fraction of sp³-hybridized carbons (Fsp3) is 0.500. The third-order valence-electron chi connectivity index (χ3n) is 10.6. The zero-order valence-electron chi connectivity index (χ0n) is 31.5. The van der Waals surface area contributed by atoms with E-state index in [0.717, 1.165) is 52.0 Å². The van der Waals surface area contributed by atoms with Crippen LogP contribution >= 0.6 is 11.3 Å². The van der Waals surface area contributed by atoms with Gasteiger partial charge in [-0.25, -0.2) is 18.7 Å². The SMILES string of the molecule is COc1ccc2c(O[C@@H]3CC4C(=O)NC5C[C@H]5/C=C\CCCCC[C@H](NC(=O)c5ccnn5CC(F)F)C(=O)N4C3)cc(-c3nc(C(C)C)cs3)nc2c1C. The van der Waals surface area contributed by atoms with Gasteiger partial charge >= 0.3 is 0 Å². The van der Waals surface area contributed by atoms with Gasteiger partial charge < -0.3 is 25.0 Å². The minimum absolute atomic E-state index is 0.0184. The van der Waals surface area contributed by atoms with E-state index in [1.807, 2.05) is 30.5 Å². The van der Waals surface area contributed by atoms with Crippen LogP contribution in [0, 0.1) is 12.8 Å². The summed E-state index contributed by atoms with van der Waals surface area (Å²) in [5.41, 5.74) is 3.06. The number of nitrogens with one attached hydrogen (secondary N) is 2. The molecular weight excluding hydrogens is 729 g/mol. The summed E-state index contributed by atoms with van der Waals surface area (Å²) in [7, 11) is 1.61. The summed E-state index contributed by atoms with van der Waals surface area (Å²) in [5.74, 6) is 0.322. The number of alkyl halides is 2. The number of ether oxygens (including phenoxy) is 2. The van der Waals surface area contributed by atoms with Crippen molar-refractivity contribution in [2.75, 3.05) is 13.7 Å². The Morgan fingerprint density at radius 1 is 1.11 bits per heavy atom. The lowest BCUT2D eigenvalue weighted by atomic mass is 10.0. The molecule has 0 bridgehead atoms. The second-order valence-corrected chi connectivity index (χ2v) is 15.8. The number of aromatic nitrogens is 4. The molecule has 3 amide bonds. The van der Waals surface area contributed by atoms with Gasteiger partial charge in [-0.3, -0.25) is 19.1 Å². The molecule has 1 aliphatic carbocycles. The molecule has 0 spiro atoms. The van der Waals surface area contributed by atoms with Gasteiger partial charge in [-0.05, 0) is 62.6 Å². The van der Waals surface area contributed by atoms with Crippen molar-refractivity contribution in [3.8, 4) is 22.2 Å². The number of halogens is 2. The van der Waals surface area contributed by atoms with Crippen molar-refractivity contribution in [3.63, 3.8) is 0 Å². The van der Waals surface area contributed by atoms with E-state index >= 15 is 0 Å². The molecule has 12 nitrogen and oxygen atoms in total. The summed E-state index contributed by atoms with van der Waals surface area (Å²) >= 11 is 1.50. The number of nitrogens with zero attached hydrogens (tertiary/aromatic N) is 5. The van der Waals surface area contributed by atoms with Gasteiger partial charge in [0.1, 0.15) is 52.6 Å². The van der Waals surface area contributed by atoms with E-state index in [2.05, 4.69) is 41.7 Å². The topological polar surface area (TPSA) is 141 Å². The number of hydrogen-bond donors (Lipinski definition) is 2. The second-order valence-electron chi connectivity index (χ2n) is 14.9. The fourth-order valence-electron chi connectivity index (χ4n) is 7.45. The normalized spacial score (nSPS) is 23.9. The molecule has 4 aromatic rings. The largest absolute Gasteiger partial charge is 0.496 e. The summed E-state index contributed by atoms with van der Waals surface area (Å²) in [6.45, 7) is 5.45. The van der Waals surface area contributed by atoms with Crippen LogP contribution < -0.4 is 20.1 Å². The van der Waals surface area contributed by atoms with E-state index in [-0.39, 0.29) is 42.4 Å². The van der Waals surface area contributed by atoms with Crippen LogP contribution in [0.1, 0.15) is 86.5 Å². The number of hydrogen-bond acceptors (Lipinski definition) is 9. The maximum Gasteiger partial charge on any atom is 0.270 e. The van der Waals surface area contributed by atoms with Crippen LogP contribution in [-0.2, 0) is 16.1 Å². The first-order chi connectivity index (χ1) is 26.5. The smallest absolute Gasteiger partial charge is 0.270 e. The highest BCUT2D eigenvalue weighted by atomic mass is 32.1. The Labute approximate surface area is 322 Å². The van der Waals surface area contributed by atoms with Gasteiger partial charge in [0, 0.05) is 41.1 Å². The van der Waals surface area contributed by atoms with Crippen molar-refractivity contribution in [1.29, 1.82) is 0 Å². The minimum Gasteiger partial charge on any atom is -0.496 e. The Kier molecular flexibility index (Phi) is 11.5. The van der Waals surface area contributed by atoms with Gasteiger partial charge in [0.15, 0.2) is 0 Å². The third-order valence-corrected chi connectivity index (χ3v) is 11.5. The molecule has 1 aromatic carbocycles. The van der Waals surface area contributed by atoms with E-state index < -0.39 is 43.0 Å². The lowest BCUT2D eigenvalue weighted by Crippen LogP contribution is -2.54. The monoisotopic (exact) mass is 775 g/mol. The number of amides is 3. The first kappa shape index (κ1) is 38.4. The maximum absolute atomic E-state index is 14.6. The van der Waals surface area contributed by atoms with E-state index in [0.29, 0.717) is 35.6 Å². The van der Waals surface area contributed by atoms with E-state index in [4.69, 9.17) is 19.4 Å². The number of methoxy groups -OCH3 is 1. The molecular formula is C40H47F2N7O5S. The molecule has 55 heavy (non-hydrogen) atoms. The Balaban J connectivity index is 1.21. The number of benzene rings is 1. The molecule has 5 heterocycles. The first-order valence-corrected chi connectivity index (χ1v) is 19.9. The van der Waals surface area contributed by atoms with Crippen LogP contribution in [0.2, 0.25) is 0 Å². The first-order valence-electron chi connectivity index (χ1n) is 19.0. The van der Waals surface area contributed by atoms with Crippen molar-refractivity contribution in [3.05, 3.63) is 64.9 Å². The van der Waals surface area contributed by atoms with Gasteiger partial charge in [-0.15, -0.1) is 11.3 Å². The second kappa shape index (κ2) is 16.4. The highest BCUT2D eigenvalue weighted by Crippen LogP contribution is 2.38. The molecule has 3 aromatic heterocycles. The summed E-state index contributed by atoms with van der Waals surface area (Å²) in [5, 5.41) is 13.4. The Morgan fingerprint density at radius 3 is 2.71 bits per heavy atom. The molecule has 1 saturated carbocycles. The lowest BCUT2D eigenvalue weighted by Gasteiger charge is -2.28. The molecule has 2 unspecified atom stereocenters. The average molecular weight is 776 g/mol. The highest BCUT2D eigenvalue weighted by molar-refractivity contribution is 7.13. The van der Waals surface area contributed by atoms with Gasteiger partial charge in [-0.1, -0.05) is 38.8 Å². The predicted molar refractivity (Wildman–Crippen MR) is 205 cm³/mol. The number of thiazole rings is 1. The van der Waals surface area contributed by atoms with Crippen LogP contribution in [0.5, 0.6) is 11.5 Å². The molecule has 0 radical (unpaired) electrons. The molecule has 3 aliphatic rings. The van der Waals surface area contributed by atoms with E-state index in [9.17, 15) is 23.2 Å². The number of carbonyl (C=O) groups excluding carboxylic acids is 3. The lowest BCUT2D eigenvalue weighted by molar-refractivity contribution is -0.140. The van der Waals surface area contributed by atoms with Crippen LogP contribution in [-0.4, -0.2) is 86.7 Å². The molecule has 2 fully saturated rings. The van der Waals surface area contributed by atoms with Gasteiger partial charge in [0.25, 0.3) is 12.3 Å². The maximum atomic E-state index is 14.6. The van der Waals surface area contributed by atoms with Gasteiger partial charge in [-0.2, -0.15) is 5.10 Å². The molecule has 2 N–H and O–H groups in total. The quantitative estimate of drug-likeness (QED) is 0.186. The van der Waals surface area contributed by atoms with Crippen molar-refractivity contribution >= 4 is 40.0 Å². The number of aryl methyl sites for hydroxylation is 1. The number of rotatable bonds is 9. The number of allylic oxidation sites excluding steroid dienone is 1. The molecule has 15 heteroatoms. The number of pyridine rings is 1. The molecule has 5 atom stereocenters. The molecule has 1 saturated heterocycles. The summed E-state index contributed by atoms with van der Waals surface area (Å²) < 4.78 is 39.9. The Hall–Kier alpha value is -4.92. The highest BCUT2D eigenvalue weighted by Gasteiger charge is 2.46. The summed E-state index contributed by atoms with van der Waals surface area (Å²) in [6.07, 6.45) is 6.90. The average Bonchev–Trinajstić information content (AvgIpc) is 3.54. The Bertz CT molecular complexity index is 2080. The zero-order valence-corrected chi connectivity index (χ0v) is 32.3. The van der Waals surface area contributed by atoms with Crippen LogP contribution in [0.15, 0.2) is 48.0 Å². The van der Waals surface area contributed by atoms with Crippen LogP contribution in [0.3, 0.4) is 0 Å². The van der Waals surface area contributed by atoms with E-state index in [1.165, 1.54) is 28.5 Å². The van der Waals surface area contributed by atoms with E-state index in [1.54, 1.807) is 7.11 Å². The molecule has 7 rings (SSSR count). The Morgan fingerprint density at radius 2 is 1.95 bits per heavy atom. The standard InChI is InChI=1S/C40H47F2N7O5S/c1-22(2)30-21-55-39(47-30)29-18-34(26-12-13-33(53-4)23(3)36(26)44-29)54-25-17-32-38(51)46-28-16-24(28)10-8-6-5-7-9-11-27(40(52)48(32)19-25)45-37(50)31-14-15-43-49(31)20-35(41)42/h8,10,12-15,18,21-22,24-25,27-28,32,35H,5-7,9,11,16-17,19-20H2,1-4H3,(H,45,50)(H,46,51)/b10-8-/t24-,25-,27+,28?,32?/m1/s1. The molecule has 2 aliphatic heterocycles. The van der Waals surface area contributed by atoms with Crippen LogP contribution in [0.4, 0.5) is 8.78 Å². The number of fused-ring (bicyclic) bond motifs is 3. The van der Waals surface area contributed by atoms with Crippen molar-refractivity contribution in [2.45, 2.75) is 109 Å². The third kappa shape index (κ3) is 8.51.